The molecule has 102 valence electrons. The molecule has 0 radical (unpaired) electrons. The average molecular weight is 373 g/mol. The standard InChI is InChI=1S/C14H16INO3/c1-8-9(4-2-6-11(8)15)13(17)16-12-7-3-5-10(12)14(18)19/h2,4,6,10,12H,3,5,7H2,1H3,(H,16,17)(H,18,19)/t10-,12+/m0/s1. The lowest BCUT2D eigenvalue weighted by atomic mass is 10.0. The van der Waals surface area contributed by atoms with Crippen molar-refractivity contribution in [2.24, 2.45) is 5.92 Å². The summed E-state index contributed by atoms with van der Waals surface area (Å²) in [5.41, 5.74) is 1.56. The van der Waals surface area contributed by atoms with Gasteiger partial charge in [-0.15, -0.1) is 0 Å². The van der Waals surface area contributed by atoms with E-state index < -0.39 is 11.9 Å². The van der Waals surface area contributed by atoms with Gasteiger partial charge in [-0.1, -0.05) is 12.5 Å². The first kappa shape index (κ1) is 14.3. The molecule has 1 aromatic rings. The summed E-state index contributed by atoms with van der Waals surface area (Å²) in [7, 11) is 0. The Kier molecular flexibility index (Phi) is 4.44. The summed E-state index contributed by atoms with van der Waals surface area (Å²) in [5.74, 6) is -1.44. The number of benzene rings is 1. The number of nitrogens with one attached hydrogen (secondary N) is 1. The minimum absolute atomic E-state index is 0.172. The van der Waals surface area contributed by atoms with Crippen molar-refractivity contribution in [2.45, 2.75) is 32.2 Å². The molecule has 4 nitrogen and oxygen atoms in total. The zero-order valence-electron chi connectivity index (χ0n) is 10.6. The number of carboxylic acids is 1. The van der Waals surface area contributed by atoms with Gasteiger partial charge in [-0.05, 0) is 60.1 Å². The summed E-state index contributed by atoms with van der Waals surface area (Å²) in [6.07, 6.45) is 2.24. The maximum Gasteiger partial charge on any atom is 0.308 e. The Morgan fingerprint density at radius 2 is 2.11 bits per heavy atom. The van der Waals surface area contributed by atoms with Gasteiger partial charge in [0.2, 0.25) is 0 Å². The molecule has 1 aromatic carbocycles. The molecular formula is C14H16INO3. The van der Waals surface area contributed by atoms with Gasteiger partial charge in [0.25, 0.3) is 5.91 Å². The molecule has 1 saturated carbocycles. The maximum absolute atomic E-state index is 12.2. The van der Waals surface area contributed by atoms with Crippen LogP contribution in [0.3, 0.4) is 0 Å². The predicted molar refractivity (Wildman–Crippen MR) is 80.1 cm³/mol. The fourth-order valence-corrected chi connectivity index (χ4v) is 3.03. The van der Waals surface area contributed by atoms with Gasteiger partial charge in [0, 0.05) is 15.2 Å². The minimum Gasteiger partial charge on any atom is -0.481 e. The van der Waals surface area contributed by atoms with Crippen molar-refractivity contribution >= 4 is 34.5 Å². The Bertz CT molecular complexity index is 515. The summed E-state index contributed by atoms with van der Waals surface area (Å²) in [6, 6.07) is 5.31. The van der Waals surface area contributed by atoms with Crippen molar-refractivity contribution in [1.29, 1.82) is 0 Å². The maximum atomic E-state index is 12.2. The first-order valence-electron chi connectivity index (χ1n) is 6.29. The van der Waals surface area contributed by atoms with E-state index in [2.05, 4.69) is 27.9 Å². The van der Waals surface area contributed by atoms with Gasteiger partial charge in [-0.3, -0.25) is 9.59 Å². The molecule has 5 heteroatoms. The number of rotatable bonds is 3. The summed E-state index contributed by atoms with van der Waals surface area (Å²) in [4.78, 5) is 23.3. The number of amides is 1. The molecule has 2 N–H and O–H groups in total. The monoisotopic (exact) mass is 373 g/mol. The van der Waals surface area contributed by atoms with Crippen molar-refractivity contribution in [3.63, 3.8) is 0 Å². The van der Waals surface area contributed by atoms with Crippen LogP contribution in [0.4, 0.5) is 0 Å². The van der Waals surface area contributed by atoms with Crippen LogP contribution in [-0.4, -0.2) is 23.0 Å². The topological polar surface area (TPSA) is 66.4 Å². The van der Waals surface area contributed by atoms with Crippen LogP contribution < -0.4 is 5.32 Å². The molecule has 0 saturated heterocycles. The van der Waals surface area contributed by atoms with Crippen LogP contribution >= 0.6 is 22.6 Å². The number of hydrogen-bond donors (Lipinski definition) is 2. The largest absolute Gasteiger partial charge is 0.481 e. The van der Waals surface area contributed by atoms with E-state index in [1.165, 1.54) is 0 Å². The van der Waals surface area contributed by atoms with E-state index >= 15 is 0 Å². The van der Waals surface area contributed by atoms with E-state index in [4.69, 9.17) is 5.11 Å². The fraction of sp³-hybridized carbons (Fsp3) is 0.429. The SMILES string of the molecule is Cc1c(I)cccc1C(=O)N[C@@H]1CCC[C@@H]1C(=O)O. The first-order chi connectivity index (χ1) is 9.00. The first-order valence-corrected chi connectivity index (χ1v) is 7.37. The van der Waals surface area contributed by atoms with E-state index in [1.54, 1.807) is 6.07 Å². The van der Waals surface area contributed by atoms with Gasteiger partial charge in [-0.2, -0.15) is 0 Å². The summed E-state index contributed by atoms with van der Waals surface area (Å²) < 4.78 is 1.03. The van der Waals surface area contributed by atoms with E-state index in [0.29, 0.717) is 12.0 Å². The van der Waals surface area contributed by atoms with Gasteiger partial charge < -0.3 is 10.4 Å². The van der Waals surface area contributed by atoms with E-state index in [-0.39, 0.29) is 11.9 Å². The van der Waals surface area contributed by atoms with Gasteiger partial charge in [0.1, 0.15) is 0 Å². The number of carboxylic acid groups (broad SMARTS) is 1. The Labute approximate surface area is 125 Å². The third kappa shape index (κ3) is 3.08. The number of carbonyl (C=O) groups excluding carboxylic acids is 1. The highest BCUT2D eigenvalue weighted by Crippen LogP contribution is 2.26. The third-order valence-electron chi connectivity index (χ3n) is 3.66. The van der Waals surface area contributed by atoms with Crippen molar-refractivity contribution in [1.82, 2.24) is 5.32 Å². The molecule has 1 fully saturated rings. The van der Waals surface area contributed by atoms with Crippen LogP contribution in [0.25, 0.3) is 0 Å². The lowest BCUT2D eigenvalue weighted by molar-refractivity contribution is -0.142. The predicted octanol–water partition coefficient (Wildman–Crippen LogP) is 2.58. The van der Waals surface area contributed by atoms with Gasteiger partial charge in [0.05, 0.1) is 5.92 Å². The molecule has 19 heavy (non-hydrogen) atoms. The van der Waals surface area contributed by atoms with Crippen molar-refractivity contribution in [2.75, 3.05) is 0 Å². The molecule has 0 bridgehead atoms. The van der Waals surface area contributed by atoms with Crippen molar-refractivity contribution in [3.8, 4) is 0 Å². The quantitative estimate of drug-likeness (QED) is 0.801. The van der Waals surface area contributed by atoms with Crippen molar-refractivity contribution < 1.29 is 14.7 Å². The second-order valence-electron chi connectivity index (χ2n) is 4.87. The molecule has 1 aliphatic rings. The summed E-state index contributed by atoms with van der Waals surface area (Å²) in [5, 5.41) is 12.0. The Morgan fingerprint density at radius 1 is 1.37 bits per heavy atom. The average Bonchev–Trinajstić information content (AvgIpc) is 2.80. The third-order valence-corrected chi connectivity index (χ3v) is 4.83. The van der Waals surface area contributed by atoms with Crippen LogP contribution in [0, 0.1) is 16.4 Å². The Balaban J connectivity index is 2.13. The van der Waals surface area contributed by atoms with E-state index in [9.17, 15) is 9.59 Å². The number of carbonyl (C=O) groups is 2. The molecule has 1 amide bonds. The highest BCUT2D eigenvalue weighted by atomic mass is 127. The molecule has 2 atom stereocenters. The van der Waals surface area contributed by atoms with Crippen LogP contribution in [0.15, 0.2) is 18.2 Å². The van der Waals surface area contributed by atoms with E-state index in [0.717, 1.165) is 22.0 Å². The molecule has 0 aliphatic heterocycles. The van der Waals surface area contributed by atoms with Gasteiger partial charge >= 0.3 is 5.97 Å². The fourth-order valence-electron chi connectivity index (χ4n) is 2.53. The van der Waals surface area contributed by atoms with Crippen LogP contribution in [-0.2, 0) is 4.79 Å². The van der Waals surface area contributed by atoms with Crippen LogP contribution in [0.5, 0.6) is 0 Å². The van der Waals surface area contributed by atoms with Crippen LogP contribution in [0.2, 0.25) is 0 Å². The molecule has 1 aliphatic carbocycles. The second kappa shape index (κ2) is 5.90. The number of hydrogen-bond acceptors (Lipinski definition) is 2. The van der Waals surface area contributed by atoms with Gasteiger partial charge in [-0.25, -0.2) is 0 Å². The number of aliphatic carboxylic acids is 1. The van der Waals surface area contributed by atoms with Gasteiger partial charge in [0.15, 0.2) is 0 Å². The molecule has 0 aromatic heterocycles. The zero-order valence-corrected chi connectivity index (χ0v) is 12.8. The molecule has 0 unspecified atom stereocenters. The second-order valence-corrected chi connectivity index (χ2v) is 6.03. The smallest absolute Gasteiger partial charge is 0.308 e. The highest BCUT2D eigenvalue weighted by Gasteiger charge is 2.34. The number of halogens is 1. The molecule has 0 heterocycles. The molecular weight excluding hydrogens is 357 g/mol. The van der Waals surface area contributed by atoms with E-state index in [1.807, 2.05) is 19.1 Å². The van der Waals surface area contributed by atoms with Crippen LogP contribution in [0.1, 0.15) is 35.2 Å². The Morgan fingerprint density at radius 3 is 2.79 bits per heavy atom. The lowest BCUT2D eigenvalue weighted by Gasteiger charge is -2.18. The van der Waals surface area contributed by atoms with Crippen molar-refractivity contribution in [3.05, 3.63) is 32.9 Å². The molecule has 2 rings (SSSR count). The summed E-state index contributed by atoms with van der Waals surface area (Å²) >= 11 is 2.19. The normalized spacial score (nSPS) is 22.2. The summed E-state index contributed by atoms with van der Waals surface area (Å²) in [6.45, 7) is 1.90. The lowest BCUT2D eigenvalue weighted by Crippen LogP contribution is -2.40. The highest BCUT2D eigenvalue weighted by molar-refractivity contribution is 14.1. The minimum atomic E-state index is -0.817. The molecule has 0 spiro atoms. The Hall–Kier alpha value is -1.11. The zero-order chi connectivity index (χ0) is 14.0.